The minimum Gasteiger partial charge on any atom is -1.00 e. The zero-order valence-corrected chi connectivity index (χ0v) is 6.69. The van der Waals surface area contributed by atoms with Crippen LogP contribution in [0.5, 0.6) is 0 Å². The third-order valence-corrected chi connectivity index (χ3v) is 0.667. The molecule has 0 aliphatic heterocycles. The predicted octanol–water partition coefficient (Wildman–Crippen LogP) is -1.31. The molecule has 0 aliphatic carbocycles. The summed E-state index contributed by atoms with van der Waals surface area (Å²) in [5.74, 6) is 0. The van der Waals surface area contributed by atoms with Crippen molar-refractivity contribution in [3.8, 4) is 0 Å². The van der Waals surface area contributed by atoms with E-state index in [4.69, 9.17) is 0 Å². The quantitative estimate of drug-likeness (QED) is 0.471. The van der Waals surface area contributed by atoms with Crippen LogP contribution in [-0.2, 0) is 19.5 Å². The van der Waals surface area contributed by atoms with E-state index in [0.717, 1.165) is 0 Å². The van der Waals surface area contributed by atoms with Crippen LogP contribution in [-0.4, -0.2) is 0 Å². The summed E-state index contributed by atoms with van der Waals surface area (Å²) >= 11 is 0. The summed E-state index contributed by atoms with van der Waals surface area (Å²) in [6.07, 6.45) is 0. The molecular weight excluding hydrogens is 209 g/mol. The molecule has 0 aliphatic rings. The smallest absolute Gasteiger partial charge is 1.00 e. The van der Waals surface area contributed by atoms with Gasteiger partial charge >= 0.3 is 19.5 Å². The van der Waals surface area contributed by atoms with Gasteiger partial charge in [0.05, 0.1) is 0 Å². The molecular formula is C6H6ClRu+. The van der Waals surface area contributed by atoms with Crippen molar-refractivity contribution >= 4 is 0 Å². The molecule has 8 heavy (non-hydrogen) atoms. The summed E-state index contributed by atoms with van der Waals surface area (Å²) in [6, 6.07) is 12.0. The SMILES string of the molecule is [Cl-].[Ru+2].c1ccccc1. The van der Waals surface area contributed by atoms with Gasteiger partial charge in [0.2, 0.25) is 0 Å². The molecule has 0 N–H and O–H groups in total. The Hall–Kier alpha value is 0.133. The molecule has 0 bridgehead atoms. The second-order valence-corrected chi connectivity index (χ2v) is 1.15. The number of hydrogen-bond donors (Lipinski definition) is 0. The van der Waals surface area contributed by atoms with Crippen LogP contribution in [0.4, 0.5) is 0 Å². The summed E-state index contributed by atoms with van der Waals surface area (Å²) in [5, 5.41) is 0. The Balaban J connectivity index is 0. The fourth-order valence-corrected chi connectivity index (χ4v) is 0.385. The average molecular weight is 215 g/mol. The first-order valence-corrected chi connectivity index (χ1v) is 2.00. The van der Waals surface area contributed by atoms with Crippen molar-refractivity contribution in [2.24, 2.45) is 0 Å². The number of hydrogen-bond acceptors (Lipinski definition) is 0. The van der Waals surface area contributed by atoms with Crippen molar-refractivity contribution in [1.29, 1.82) is 0 Å². The van der Waals surface area contributed by atoms with Crippen molar-refractivity contribution < 1.29 is 31.9 Å². The first kappa shape index (κ1) is 11.0. The topological polar surface area (TPSA) is 0 Å². The van der Waals surface area contributed by atoms with Crippen LogP contribution in [0.25, 0.3) is 0 Å². The van der Waals surface area contributed by atoms with E-state index in [1.54, 1.807) is 0 Å². The molecule has 0 heterocycles. The molecule has 0 aromatic heterocycles. The first-order valence-electron chi connectivity index (χ1n) is 2.00. The maximum atomic E-state index is 2.00. The Bertz CT molecular complexity index is 80.5. The molecule has 44 valence electrons. The molecule has 0 amide bonds. The van der Waals surface area contributed by atoms with Crippen LogP contribution in [0.3, 0.4) is 0 Å². The van der Waals surface area contributed by atoms with E-state index in [1.165, 1.54) is 0 Å². The van der Waals surface area contributed by atoms with Gasteiger partial charge in [0.15, 0.2) is 0 Å². The number of rotatable bonds is 0. The second-order valence-electron chi connectivity index (χ2n) is 1.15. The van der Waals surface area contributed by atoms with E-state index in [0.29, 0.717) is 0 Å². The van der Waals surface area contributed by atoms with E-state index in [1.807, 2.05) is 36.4 Å². The summed E-state index contributed by atoms with van der Waals surface area (Å²) in [5.41, 5.74) is 0. The molecule has 0 saturated carbocycles. The van der Waals surface area contributed by atoms with Gasteiger partial charge in [-0.05, 0) is 0 Å². The number of benzene rings is 1. The van der Waals surface area contributed by atoms with Crippen LogP contribution in [0.1, 0.15) is 0 Å². The number of halogens is 1. The zero-order chi connectivity index (χ0) is 4.24. The van der Waals surface area contributed by atoms with E-state index in [9.17, 15) is 0 Å². The molecule has 0 unspecified atom stereocenters. The molecule has 2 heteroatoms. The van der Waals surface area contributed by atoms with Gasteiger partial charge in [0.25, 0.3) is 0 Å². The van der Waals surface area contributed by atoms with E-state index in [-0.39, 0.29) is 31.9 Å². The monoisotopic (exact) mass is 215 g/mol. The van der Waals surface area contributed by atoms with Crippen molar-refractivity contribution in [2.45, 2.75) is 0 Å². The van der Waals surface area contributed by atoms with Gasteiger partial charge in [-0.15, -0.1) is 0 Å². The van der Waals surface area contributed by atoms with Crippen LogP contribution in [0, 0.1) is 0 Å². The molecule has 1 aromatic carbocycles. The standard InChI is InChI=1S/C6H6.ClH.Ru/c1-2-4-6-5-3-1;;/h1-6H;1H;/q;;+2/p-1. The average Bonchev–Trinajstić information content (AvgIpc) is 1.72. The minimum atomic E-state index is 0. The Kier molecular flexibility index (Phi) is 9.81. The van der Waals surface area contributed by atoms with Gasteiger partial charge < -0.3 is 12.4 Å². The van der Waals surface area contributed by atoms with Crippen LogP contribution in [0.2, 0.25) is 0 Å². The minimum absolute atomic E-state index is 0. The van der Waals surface area contributed by atoms with Crippen LogP contribution < -0.4 is 12.4 Å². The van der Waals surface area contributed by atoms with Crippen molar-refractivity contribution in [1.82, 2.24) is 0 Å². The van der Waals surface area contributed by atoms with Crippen LogP contribution in [0.15, 0.2) is 36.4 Å². The summed E-state index contributed by atoms with van der Waals surface area (Å²) in [4.78, 5) is 0. The predicted molar refractivity (Wildman–Crippen MR) is 26.4 cm³/mol. The largest absolute Gasteiger partial charge is 2.00 e. The Labute approximate surface area is 68.5 Å². The molecule has 0 spiro atoms. The maximum absolute atomic E-state index is 2.00. The van der Waals surface area contributed by atoms with Crippen molar-refractivity contribution in [3.63, 3.8) is 0 Å². The maximum Gasteiger partial charge on any atom is 2.00 e. The van der Waals surface area contributed by atoms with E-state index < -0.39 is 0 Å². The second kappa shape index (κ2) is 7.13. The Morgan fingerprint density at radius 1 is 0.500 bits per heavy atom. The van der Waals surface area contributed by atoms with Gasteiger partial charge in [-0.25, -0.2) is 0 Å². The molecule has 0 nitrogen and oxygen atoms in total. The van der Waals surface area contributed by atoms with E-state index in [2.05, 4.69) is 0 Å². The Morgan fingerprint density at radius 3 is 0.750 bits per heavy atom. The fraction of sp³-hybridized carbons (Fsp3) is 0. The van der Waals surface area contributed by atoms with Gasteiger partial charge in [-0.1, -0.05) is 36.4 Å². The first-order chi connectivity index (χ1) is 3.00. The van der Waals surface area contributed by atoms with Gasteiger partial charge in [-0.3, -0.25) is 0 Å². The van der Waals surface area contributed by atoms with Crippen molar-refractivity contribution in [2.75, 3.05) is 0 Å². The third kappa shape index (κ3) is 4.30. The fourth-order valence-electron chi connectivity index (χ4n) is 0.385. The third-order valence-electron chi connectivity index (χ3n) is 0.667. The van der Waals surface area contributed by atoms with Gasteiger partial charge in [-0.2, -0.15) is 0 Å². The van der Waals surface area contributed by atoms with Crippen LogP contribution >= 0.6 is 0 Å². The summed E-state index contributed by atoms with van der Waals surface area (Å²) in [7, 11) is 0. The molecule has 1 rings (SSSR count). The van der Waals surface area contributed by atoms with Gasteiger partial charge in [0, 0.05) is 0 Å². The molecule has 0 fully saturated rings. The van der Waals surface area contributed by atoms with E-state index >= 15 is 0 Å². The molecule has 1 aromatic rings. The van der Waals surface area contributed by atoms with Crippen molar-refractivity contribution in [3.05, 3.63) is 36.4 Å². The zero-order valence-electron chi connectivity index (χ0n) is 4.20. The summed E-state index contributed by atoms with van der Waals surface area (Å²) < 4.78 is 0. The normalized spacial score (nSPS) is 6.00. The van der Waals surface area contributed by atoms with Gasteiger partial charge in [0.1, 0.15) is 0 Å². The molecule has 0 atom stereocenters. The molecule has 0 radical (unpaired) electrons. The molecule has 0 saturated heterocycles. The summed E-state index contributed by atoms with van der Waals surface area (Å²) in [6.45, 7) is 0. The Morgan fingerprint density at radius 2 is 0.625 bits per heavy atom.